The lowest BCUT2D eigenvalue weighted by molar-refractivity contribution is -0.115. The Morgan fingerprint density at radius 2 is 2.15 bits per heavy atom. The van der Waals surface area contributed by atoms with Gasteiger partial charge < -0.3 is 5.32 Å². The predicted molar refractivity (Wildman–Crippen MR) is 108 cm³/mol. The largest absolute Gasteiger partial charge is 0.326 e. The van der Waals surface area contributed by atoms with Crippen LogP contribution in [0.15, 0.2) is 58.8 Å². The number of guanidine groups is 1. The van der Waals surface area contributed by atoms with Gasteiger partial charge in [-0.05, 0) is 42.0 Å². The van der Waals surface area contributed by atoms with Crippen molar-refractivity contribution in [2.24, 2.45) is 12.0 Å². The molecule has 7 nitrogen and oxygen atoms in total. The van der Waals surface area contributed by atoms with Gasteiger partial charge in [-0.25, -0.2) is 9.98 Å². The Bertz CT molecular complexity index is 1270. The summed E-state index contributed by atoms with van der Waals surface area (Å²) >= 11 is 1.57. The number of hydrogen-bond acceptors (Lipinski definition) is 6. The molecule has 132 valence electrons. The molecule has 0 saturated carbocycles. The minimum Gasteiger partial charge on any atom is -0.326 e. The van der Waals surface area contributed by atoms with Crippen LogP contribution in [0.4, 0.5) is 5.69 Å². The number of nitrogens with one attached hydrogen (secondary N) is 2. The van der Waals surface area contributed by atoms with Gasteiger partial charge in [0.2, 0.25) is 5.96 Å². The van der Waals surface area contributed by atoms with Crippen LogP contribution in [0.25, 0.3) is 27.2 Å². The summed E-state index contributed by atoms with van der Waals surface area (Å²) in [4.78, 5) is 20.9. The quantitative estimate of drug-likeness (QED) is 0.528. The number of amides is 1. The summed E-state index contributed by atoms with van der Waals surface area (Å²) in [6.07, 6.45) is 3.57. The van der Waals surface area contributed by atoms with Crippen LogP contribution in [0, 0.1) is 0 Å². The van der Waals surface area contributed by atoms with Crippen molar-refractivity contribution in [1.82, 2.24) is 20.1 Å². The molecule has 1 aliphatic rings. The zero-order valence-electron chi connectivity index (χ0n) is 14.3. The van der Waals surface area contributed by atoms with Crippen molar-refractivity contribution in [3.63, 3.8) is 0 Å². The number of benzene rings is 2. The first kappa shape index (κ1) is 15.7. The molecule has 0 unspecified atom stereocenters. The molecule has 0 fully saturated rings. The molecule has 1 aliphatic heterocycles. The van der Waals surface area contributed by atoms with Crippen LogP contribution in [-0.2, 0) is 11.8 Å². The monoisotopic (exact) mass is 374 g/mol. The van der Waals surface area contributed by atoms with Gasteiger partial charge in [0.05, 0.1) is 27.4 Å². The second-order valence-corrected chi connectivity index (χ2v) is 7.08. The van der Waals surface area contributed by atoms with E-state index in [1.54, 1.807) is 23.6 Å². The van der Waals surface area contributed by atoms with Crippen molar-refractivity contribution in [2.75, 3.05) is 5.32 Å². The zero-order valence-corrected chi connectivity index (χ0v) is 15.1. The van der Waals surface area contributed by atoms with Crippen LogP contribution in [0.3, 0.4) is 0 Å². The van der Waals surface area contributed by atoms with E-state index in [1.165, 1.54) is 0 Å². The average Bonchev–Trinajstić information content (AvgIpc) is 3.35. The number of fused-ring (bicyclic) bond motifs is 2. The van der Waals surface area contributed by atoms with E-state index >= 15 is 0 Å². The van der Waals surface area contributed by atoms with Gasteiger partial charge in [0, 0.05) is 18.1 Å². The topological polar surface area (TPSA) is 84.2 Å². The van der Waals surface area contributed by atoms with E-state index in [2.05, 4.69) is 25.7 Å². The van der Waals surface area contributed by atoms with E-state index in [-0.39, 0.29) is 5.91 Å². The Kier molecular flexibility index (Phi) is 3.51. The Morgan fingerprint density at radius 3 is 3.07 bits per heavy atom. The van der Waals surface area contributed by atoms with Crippen molar-refractivity contribution < 1.29 is 4.79 Å². The molecule has 1 amide bonds. The molecule has 27 heavy (non-hydrogen) atoms. The van der Waals surface area contributed by atoms with Crippen LogP contribution < -0.4 is 10.6 Å². The van der Waals surface area contributed by atoms with Crippen LogP contribution in [0.5, 0.6) is 0 Å². The maximum absolute atomic E-state index is 12.3. The van der Waals surface area contributed by atoms with E-state index in [9.17, 15) is 4.79 Å². The molecule has 2 N–H and O–H groups in total. The van der Waals surface area contributed by atoms with Gasteiger partial charge in [-0.2, -0.15) is 5.10 Å². The normalized spacial score (nSPS) is 15.5. The van der Waals surface area contributed by atoms with Crippen molar-refractivity contribution in [1.29, 1.82) is 0 Å². The summed E-state index contributed by atoms with van der Waals surface area (Å²) in [7, 11) is 1.90. The molecule has 0 radical (unpaired) electrons. The highest BCUT2D eigenvalue weighted by molar-refractivity contribution is 7.16. The molecule has 8 heteroatoms. The van der Waals surface area contributed by atoms with Gasteiger partial charge in [0.15, 0.2) is 0 Å². The van der Waals surface area contributed by atoms with Gasteiger partial charge in [0.25, 0.3) is 5.91 Å². The molecular weight excluding hydrogens is 360 g/mol. The first-order valence-corrected chi connectivity index (χ1v) is 9.17. The number of hydrogen-bond donors (Lipinski definition) is 2. The molecule has 3 heterocycles. The van der Waals surface area contributed by atoms with Gasteiger partial charge in [0.1, 0.15) is 5.70 Å². The number of thiazole rings is 1. The molecule has 2 aromatic heterocycles. The Labute approximate surface area is 158 Å². The van der Waals surface area contributed by atoms with E-state index < -0.39 is 0 Å². The molecular formula is C19H14N6OS. The lowest BCUT2D eigenvalue weighted by Gasteiger charge is -2.04. The van der Waals surface area contributed by atoms with Crippen molar-refractivity contribution in [2.45, 2.75) is 0 Å². The number of nitrogens with zero attached hydrogens (tertiary/aromatic N) is 4. The second-order valence-electron chi connectivity index (χ2n) is 6.19. The molecule has 2 aromatic carbocycles. The van der Waals surface area contributed by atoms with Crippen LogP contribution >= 0.6 is 11.3 Å². The van der Waals surface area contributed by atoms with Crippen molar-refractivity contribution in [3.05, 3.63) is 59.4 Å². The third-order valence-corrected chi connectivity index (χ3v) is 5.16. The highest BCUT2D eigenvalue weighted by Crippen LogP contribution is 2.23. The zero-order chi connectivity index (χ0) is 18.4. The summed E-state index contributed by atoms with van der Waals surface area (Å²) in [6.45, 7) is 0. The van der Waals surface area contributed by atoms with Crippen LogP contribution in [-0.4, -0.2) is 26.6 Å². The summed E-state index contributed by atoms with van der Waals surface area (Å²) in [5.74, 6) is 0.181. The van der Waals surface area contributed by atoms with E-state index in [0.717, 1.165) is 32.4 Å². The maximum Gasteiger partial charge on any atom is 0.276 e. The molecule has 0 atom stereocenters. The number of anilines is 1. The number of carbonyl (C=O) groups is 1. The number of carbonyl (C=O) groups excluding carboxylic acids is 1. The Hall–Kier alpha value is -3.52. The summed E-state index contributed by atoms with van der Waals surface area (Å²) < 4.78 is 2.89. The smallest absolute Gasteiger partial charge is 0.276 e. The predicted octanol–water partition coefficient (Wildman–Crippen LogP) is 3.12. The minimum atomic E-state index is -0.234. The summed E-state index contributed by atoms with van der Waals surface area (Å²) in [6, 6.07) is 11.7. The second kappa shape index (κ2) is 6.03. The van der Waals surface area contributed by atoms with Crippen molar-refractivity contribution >= 4 is 56.1 Å². The highest BCUT2D eigenvalue weighted by Gasteiger charge is 2.20. The minimum absolute atomic E-state index is 0.234. The molecule has 4 aromatic rings. The SMILES string of the molecule is Cn1ncc2cc(C=C3N=C(Nc4ccc5ncsc5c4)NC3=O)ccc21. The van der Waals surface area contributed by atoms with Gasteiger partial charge in [-0.3, -0.25) is 14.8 Å². The summed E-state index contributed by atoms with van der Waals surface area (Å²) in [5.41, 5.74) is 5.91. The Morgan fingerprint density at radius 1 is 1.22 bits per heavy atom. The van der Waals surface area contributed by atoms with E-state index in [0.29, 0.717) is 11.7 Å². The fourth-order valence-electron chi connectivity index (χ4n) is 3.03. The molecule has 0 saturated heterocycles. The highest BCUT2D eigenvalue weighted by atomic mass is 32.1. The third-order valence-electron chi connectivity index (χ3n) is 4.36. The average molecular weight is 374 g/mol. The number of aryl methyl sites for hydroxylation is 1. The number of aromatic nitrogens is 3. The fourth-order valence-corrected chi connectivity index (χ4v) is 3.74. The number of rotatable bonds is 2. The maximum atomic E-state index is 12.3. The third kappa shape index (κ3) is 2.85. The standard InChI is InChI=1S/C19H14N6OS/c1-25-16-5-2-11(6-12(16)9-21-25)7-15-18(26)24-19(23-15)22-13-3-4-14-17(8-13)27-10-20-14/h2-10H,1H3,(H2,22,23,24,26). The lowest BCUT2D eigenvalue weighted by Crippen LogP contribution is -2.29. The van der Waals surface area contributed by atoms with Crippen LogP contribution in [0.1, 0.15) is 5.56 Å². The van der Waals surface area contributed by atoms with Gasteiger partial charge in [-0.15, -0.1) is 11.3 Å². The molecule has 0 aliphatic carbocycles. The first-order chi connectivity index (χ1) is 13.2. The van der Waals surface area contributed by atoms with E-state index in [4.69, 9.17) is 0 Å². The molecule has 5 rings (SSSR count). The van der Waals surface area contributed by atoms with Gasteiger partial charge >= 0.3 is 0 Å². The van der Waals surface area contributed by atoms with Crippen LogP contribution in [0.2, 0.25) is 0 Å². The molecule has 0 spiro atoms. The first-order valence-electron chi connectivity index (χ1n) is 8.29. The van der Waals surface area contributed by atoms with Gasteiger partial charge in [-0.1, -0.05) is 6.07 Å². The van der Waals surface area contributed by atoms with E-state index in [1.807, 2.05) is 53.6 Å². The summed E-state index contributed by atoms with van der Waals surface area (Å²) in [5, 5.41) is 11.2. The lowest BCUT2D eigenvalue weighted by atomic mass is 10.1. The molecule has 0 bridgehead atoms. The number of aliphatic imine (C=N–C) groups is 1. The van der Waals surface area contributed by atoms with Crippen molar-refractivity contribution in [3.8, 4) is 0 Å². The fraction of sp³-hybridized carbons (Fsp3) is 0.0526. The Balaban J connectivity index is 1.42.